The summed E-state index contributed by atoms with van der Waals surface area (Å²) in [6, 6.07) is 0. The van der Waals surface area contributed by atoms with E-state index in [0.29, 0.717) is 12.8 Å². The average Bonchev–Trinajstić information content (AvgIpc) is 2.56. The molecule has 1 aliphatic heterocycles. The van der Waals surface area contributed by atoms with Crippen molar-refractivity contribution >= 4 is 11.8 Å². The molecule has 2 N–H and O–H groups in total. The molecular weight excluding hydrogens is 332 g/mol. The number of aliphatic hydroxyl groups is 2. The Kier molecular flexibility index (Phi) is 7.97. The molecule has 0 aromatic rings. The van der Waals surface area contributed by atoms with Crippen molar-refractivity contribution < 1.29 is 24.5 Å². The van der Waals surface area contributed by atoms with Crippen LogP contribution >= 0.6 is 0 Å². The molecule has 1 aliphatic rings. The lowest BCUT2D eigenvalue weighted by Crippen LogP contribution is -2.48. The molecule has 0 fully saturated rings. The molecule has 1 rings (SSSR count). The normalized spacial score (nSPS) is 36.4. The van der Waals surface area contributed by atoms with Gasteiger partial charge in [0.05, 0.1) is 6.61 Å². The number of esters is 1. The second-order valence-electron chi connectivity index (χ2n) is 7.53. The minimum absolute atomic E-state index is 0.0250. The summed E-state index contributed by atoms with van der Waals surface area (Å²) in [5, 5.41) is 20.3. The number of hydrogen-bond donors (Lipinski definition) is 2. The van der Waals surface area contributed by atoms with E-state index in [1.54, 1.807) is 6.92 Å². The van der Waals surface area contributed by atoms with Crippen molar-refractivity contribution in [2.24, 2.45) is 11.8 Å². The fourth-order valence-electron chi connectivity index (χ4n) is 3.42. The molecule has 0 aromatic heterocycles. The number of hydrogen-bond acceptors (Lipinski definition) is 5. The monoisotopic (exact) mass is 364 g/mol. The van der Waals surface area contributed by atoms with E-state index in [1.807, 2.05) is 32.9 Å². The van der Waals surface area contributed by atoms with Crippen molar-refractivity contribution in [2.45, 2.75) is 65.6 Å². The zero-order chi connectivity index (χ0) is 20.1. The van der Waals surface area contributed by atoms with Crippen LogP contribution in [-0.2, 0) is 14.3 Å². The van der Waals surface area contributed by atoms with Crippen LogP contribution in [0.3, 0.4) is 0 Å². The van der Waals surface area contributed by atoms with Crippen LogP contribution in [-0.4, -0.2) is 40.3 Å². The number of aliphatic hydroxyl groups excluding tert-OH is 1. The first kappa shape index (κ1) is 22.3. The van der Waals surface area contributed by atoms with Gasteiger partial charge in [-0.25, -0.2) is 0 Å². The van der Waals surface area contributed by atoms with Crippen LogP contribution in [0.1, 0.15) is 53.9 Å². The number of ketones is 1. The van der Waals surface area contributed by atoms with Gasteiger partial charge in [-0.05, 0) is 45.1 Å². The third kappa shape index (κ3) is 5.64. The first-order chi connectivity index (χ1) is 12.0. The van der Waals surface area contributed by atoms with Gasteiger partial charge in [-0.1, -0.05) is 43.7 Å². The Hall–Kier alpha value is -1.72. The summed E-state index contributed by atoms with van der Waals surface area (Å²) >= 11 is 0. The average molecular weight is 364 g/mol. The van der Waals surface area contributed by atoms with Crippen LogP contribution in [0.25, 0.3) is 0 Å². The fraction of sp³-hybridized carbons (Fsp3) is 0.619. The second-order valence-corrected chi connectivity index (χ2v) is 7.53. The van der Waals surface area contributed by atoms with Crippen LogP contribution in [0, 0.1) is 11.8 Å². The van der Waals surface area contributed by atoms with Crippen molar-refractivity contribution in [1.82, 2.24) is 0 Å². The maximum atomic E-state index is 12.7. The minimum atomic E-state index is -1.99. The van der Waals surface area contributed by atoms with E-state index in [0.717, 1.165) is 16.7 Å². The molecule has 1 heterocycles. The van der Waals surface area contributed by atoms with Crippen LogP contribution in [0.2, 0.25) is 0 Å². The first-order valence-corrected chi connectivity index (χ1v) is 9.15. The number of cyclic esters (lactones) is 1. The van der Waals surface area contributed by atoms with Gasteiger partial charge in [0.15, 0.2) is 11.4 Å². The Morgan fingerprint density at radius 2 is 1.92 bits per heavy atom. The SMILES string of the molecule is C=C1/C=C(/C)[C@H](CC)OC(=O)[C@H](C)C(=O)[C@](O)(CO)C/C(C)=C\[C@@H](C)C1. The first-order valence-electron chi connectivity index (χ1n) is 9.15. The lowest BCUT2D eigenvalue weighted by atomic mass is 9.84. The van der Waals surface area contributed by atoms with E-state index in [-0.39, 0.29) is 12.3 Å². The van der Waals surface area contributed by atoms with Crippen LogP contribution in [0.4, 0.5) is 0 Å². The summed E-state index contributed by atoms with van der Waals surface area (Å²) in [6.07, 6.45) is 4.70. The molecule has 4 atom stereocenters. The fourth-order valence-corrected chi connectivity index (χ4v) is 3.42. The van der Waals surface area contributed by atoms with Crippen LogP contribution in [0.5, 0.6) is 0 Å². The molecule has 0 bridgehead atoms. The third-order valence-corrected chi connectivity index (χ3v) is 4.76. The molecule has 0 aromatic carbocycles. The number of carbonyl (C=O) groups excluding carboxylic acids is 2. The van der Waals surface area contributed by atoms with E-state index < -0.39 is 36.0 Å². The Bertz CT molecular complexity index is 616. The van der Waals surface area contributed by atoms with Crippen LogP contribution < -0.4 is 0 Å². The summed E-state index contributed by atoms with van der Waals surface area (Å²) in [5.74, 6) is -2.42. The van der Waals surface area contributed by atoms with Crippen molar-refractivity contribution in [3.63, 3.8) is 0 Å². The van der Waals surface area contributed by atoms with E-state index in [1.165, 1.54) is 6.92 Å². The largest absolute Gasteiger partial charge is 0.457 e. The molecule has 146 valence electrons. The van der Waals surface area contributed by atoms with Gasteiger partial charge in [-0.15, -0.1) is 0 Å². The number of rotatable bonds is 2. The predicted octanol–water partition coefficient (Wildman–Crippen LogP) is 3.12. The maximum Gasteiger partial charge on any atom is 0.316 e. The van der Waals surface area contributed by atoms with E-state index in [2.05, 4.69) is 6.58 Å². The molecule has 5 nitrogen and oxygen atoms in total. The van der Waals surface area contributed by atoms with Gasteiger partial charge in [0, 0.05) is 6.42 Å². The second kappa shape index (κ2) is 9.28. The molecule has 0 saturated heterocycles. The lowest BCUT2D eigenvalue weighted by Gasteiger charge is -2.28. The Morgan fingerprint density at radius 3 is 2.46 bits per heavy atom. The standard InChI is InChI=1S/C21H32O5/c1-7-18-16(5)10-14(3)8-13(2)9-15(4)11-21(25,12-22)19(23)17(6)20(24)26-18/h9-10,13,17-18,22,25H,3,7-8,11-12H2,1-2,4-6H3/b15-9-,16-10-/t13-,17+,18-,21+/m0/s1. The summed E-state index contributed by atoms with van der Waals surface area (Å²) in [4.78, 5) is 25.1. The van der Waals surface area contributed by atoms with Gasteiger partial charge in [0.1, 0.15) is 12.0 Å². The predicted molar refractivity (Wildman–Crippen MR) is 101 cm³/mol. The molecule has 0 aliphatic carbocycles. The zero-order valence-electron chi connectivity index (χ0n) is 16.5. The Balaban J connectivity index is 3.32. The Morgan fingerprint density at radius 1 is 1.31 bits per heavy atom. The smallest absolute Gasteiger partial charge is 0.316 e. The summed E-state index contributed by atoms with van der Waals surface area (Å²) in [6.45, 7) is 12.3. The minimum Gasteiger partial charge on any atom is -0.457 e. The third-order valence-electron chi connectivity index (χ3n) is 4.76. The van der Waals surface area contributed by atoms with Gasteiger partial charge in [-0.2, -0.15) is 0 Å². The molecule has 0 amide bonds. The van der Waals surface area contributed by atoms with Crippen molar-refractivity contribution in [3.8, 4) is 0 Å². The number of Topliss-reactive ketones (excluding diaryl/α,β-unsaturated/α-hetero) is 1. The summed E-state index contributed by atoms with van der Waals surface area (Å²) in [5.41, 5.74) is 0.576. The van der Waals surface area contributed by atoms with Crippen molar-refractivity contribution in [3.05, 3.63) is 35.5 Å². The topological polar surface area (TPSA) is 83.8 Å². The van der Waals surface area contributed by atoms with E-state index in [4.69, 9.17) is 4.74 Å². The van der Waals surface area contributed by atoms with Gasteiger partial charge in [0.25, 0.3) is 0 Å². The molecule has 5 heteroatoms. The number of ether oxygens (including phenoxy) is 1. The molecule has 26 heavy (non-hydrogen) atoms. The maximum absolute atomic E-state index is 12.7. The van der Waals surface area contributed by atoms with Crippen molar-refractivity contribution in [1.29, 1.82) is 0 Å². The molecule has 0 saturated carbocycles. The molecule has 0 unspecified atom stereocenters. The zero-order valence-corrected chi connectivity index (χ0v) is 16.5. The van der Waals surface area contributed by atoms with Gasteiger partial charge in [-0.3, -0.25) is 9.59 Å². The van der Waals surface area contributed by atoms with Crippen LogP contribution in [0.15, 0.2) is 35.5 Å². The quantitative estimate of drug-likeness (QED) is 0.447. The summed E-state index contributed by atoms with van der Waals surface area (Å²) < 4.78 is 5.50. The highest BCUT2D eigenvalue weighted by Crippen LogP contribution is 2.26. The highest BCUT2D eigenvalue weighted by molar-refractivity contribution is 6.03. The Labute approximate surface area is 156 Å². The van der Waals surface area contributed by atoms with E-state index >= 15 is 0 Å². The van der Waals surface area contributed by atoms with Gasteiger partial charge in [0.2, 0.25) is 0 Å². The molecule has 0 spiro atoms. The highest BCUT2D eigenvalue weighted by atomic mass is 16.5. The van der Waals surface area contributed by atoms with Gasteiger partial charge < -0.3 is 14.9 Å². The molecular formula is C21H32O5. The van der Waals surface area contributed by atoms with Crippen molar-refractivity contribution in [2.75, 3.05) is 6.61 Å². The number of carbonyl (C=O) groups is 2. The van der Waals surface area contributed by atoms with Gasteiger partial charge >= 0.3 is 5.97 Å². The lowest BCUT2D eigenvalue weighted by molar-refractivity contribution is -0.161. The molecule has 0 radical (unpaired) electrons. The summed E-state index contributed by atoms with van der Waals surface area (Å²) in [7, 11) is 0. The van der Waals surface area contributed by atoms with E-state index in [9.17, 15) is 19.8 Å². The highest BCUT2D eigenvalue weighted by Gasteiger charge is 2.42. The number of allylic oxidation sites excluding steroid dienone is 3.